The summed E-state index contributed by atoms with van der Waals surface area (Å²) in [5.41, 5.74) is 0.286. The molecule has 0 saturated heterocycles. The highest BCUT2D eigenvalue weighted by Gasteiger charge is 2.29. The molecular weight excluding hydrogens is 236 g/mol. The molecule has 0 aliphatic rings. The Kier molecular flexibility index (Phi) is 3.46. The fourth-order valence-electron chi connectivity index (χ4n) is 1.67. The van der Waals surface area contributed by atoms with Gasteiger partial charge in [0.2, 0.25) is 0 Å². The molecule has 2 aromatic rings. The number of fused-ring (bicyclic) bond motifs is 1. The van der Waals surface area contributed by atoms with Crippen molar-refractivity contribution in [2.24, 2.45) is 7.05 Å². The first-order valence-corrected chi connectivity index (χ1v) is 5.52. The molecule has 0 spiro atoms. The van der Waals surface area contributed by atoms with E-state index in [0.717, 1.165) is 5.52 Å². The molecule has 0 aromatic carbocycles. The molecule has 2 heterocycles. The van der Waals surface area contributed by atoms with Gasteiger partial charge in [-0.05, 0) is 6.07 Å². The van der Waals surface area contributed by atoms with Gasteiger partial charge < -0.3 is 25.2 Å². The number of hydrogen-bond acceptors (Lipinski definition) is 6. The summed E-state index contributed by atoms with van der Waals surface area (Å²) in [6.07, 6.45) is 3.25. The molecular formula is C11H16N4O3. The Morgan fingerprint density at radius 2 is 1.89 bits per heavy atom. The minimum absolute atomic E-state index is 0.412. The molecule has 0 aliphatic heterocycles. The zero-order valence-electron chi connectivity index (χ0n) is 10.0. The van der Waals surface area contributed by atoms with Gasteiger partial charge in [-0.2, -0.15) is 0 Å². The number of aryl methyl sites for hydroxylation is 1. The summed E-state index contributed by atoms with van der Waals surface area (Å²) < 4.78 is 1.83. The maximum atomic E-state index is 9.28. The summed E-state index contributed by atoms with van der Waals surface area (Å²) >= 11 is 0. The van der Waals surface area contributed by atoms with Crippen LogP contribution >= 0.6 is 0 Å². The zero-order chi connectivity index (χ0) is 13.2. The summed E-state index contributed by atoms with van der Waals surface area (Å²) in [6, 6.07) is 1.81. The van der Waals surface area contributed by atoms with E-state index in [9.17, 15) is 15.3 Å². The maximum absolute atomic E-state index is 9.28. The Balaban J connectivity index is 2.42. The lowest BCUT2D eigenvalue weighted by Crippen LogP contribution is -2.49. The Morgan fingerprint density at radius 1 is 1.22 bits per heavy atom. The Bertz CT molecular complexity index is 528. The van der Waals surface area contributed by atoms with Crippen molar-refractivity contribution in [3.05, 3.63) is 18.6 Å². The molecule has 4 N–H and O–H groups in total. The van der Waals surface area contributed by atoms with Crippen molar-refractivity contribution in [2.45, 2.75) is 5.54 Å². The fourth-order valence-corrected chi connectivity index (χ4v) is 1.67. The van der Waals surface area contributed by atoms with Gasteiger partial charge in [0, 0.05) is 13.2 Å². The number of aromatic nitrogens is 3. The van der Waals surface area contributed by atoms with Crippen LogP contribution in [-0.2, 0) is 7.05 Å². The van der Waals surface area contributed by atoms with E-state index >= 15 is 0 Å². The van der Waals surface area contributed by atoms with Crippen LogP contribution in [0, 0.1) is 0 Å². The molecule has 0 aliphatic carbocycles. The Labute approximate surface area is 104 Å². The molecule has 18 heavy (non-hydrogen) atoms. The second kappa shape index (κ2) is 4.89. The van der Waals surface area contributed by atoms with Crippen molar-refractivity contribution in [2.75, 3.05) is 25.1 Å². The average molecular weight is 252 g/mol. The van der Waals surface area contributed by atoms with Gasteiger partial charge in [-0.15, -0.1) is 0 Å². The molecule has 7 nitrogen and oxygen atoms in total. The SMILES string of the molecule is Cn1cnc2c(NC(CO)(CO)CO)nccc21. The van der Waals surface area contributed by atoms with Gasteiger partial charge in [-0.3, -0.25) is 0 Å². The highest BCUT2D eigenvalue weighted by atomic mass is 16.3. The van der Waals surface area contributed by atoms with E-state index in [1.54, 1.807) is 12.5 Å². The van der Waals surface area contributed by atoms with E-state index in [4.69, 9.17) is 0 Å². The minimum Gasteiger partial charge on any atom is -0.394 e. The molecule has 98 valence electrons. The molecule has 7 heteroatoms. The van der Waals surface area contributed by atoms with Crippen LogP contribution in [0.5, 0.6) is 0 Å². The third kappa shape index (κ3) is 2.03. The second-order valence-electron chi connectivity index (χ2n) is 4.26. The first kappa shape index (κ1) is 12.7. The monoisotopic (exact) mass is 252 g/mol. The molecule has 0 unspecified atom stereocenters. The molecule has 2 rings (SSSR count). The number of nitrogens with zero attached hydrogens (tertiary/aromatic N) is 3. The number of anilines is 1. The van der Waals surface area contributed by atoms with Gasteiger partial charge in [-0.1, -0.05) is 0 Å². The van der Waals surface area contributed by atoms with Crippen LogP contribution in [-0.4, -0.2) is 55.2 Å². The van der Waals surface area contributed by atoms with Crippen molar-refractivity contribution in [1.29, 1.82) is 0 Å². The molecule has 0 bridgehead atoms. The molecule has 0 radical (unpaired) electrons. The lowest BCUT2D eigenvalue weighted by molar-refractivity contribution is 0.0832. The van der Waals surface area contributed by atoms with Crippen molar-refractivity contribution >= 4 is 16.9 Å². The summed E-state index contributed by atoms with van der Waals surface area (Å²) in [5.74, 6) is 0.422. The lowest BCUT2D eigenvalue weighted by Gasteiger charge is -2.29. The van der Waals surface area contributed by atoms with Crippen LogP contribution < -0.4 is 5.32 Å². The van der Waals surface area contributed by atoms with E-state index in [1.807, 2.05) is 17.7 Å². The van der Waals surface area contributed by atoms with E-state index in [0.29, 0.717) is 11.3 Å². The number of aliphatic hydroxyl groups excluding tert-OH is 3. The van der Waals surface area contributed by atoms with Crippen molar-refractivity contribution in [3.8, 4) is 0 Å². The van der Waals surface area contributed by atoms with E-state index in [-0.39, 0.29) is 0 Å². The van der Waals surface area contributed by atoms with E-state index < -0.39 is 25.4 Å². The molecule has 0 amide bonds. The number of pyridine rings is 1. The zero-order valence-corrected chi connectivity index (χ0v) is 10.0. The molecule has 0 atom stereocenters. The predicted molar refractivity (Wildman–Crippen MR) is 66.1 cm³/mol. The second-order valence-corrected chi connectivity index (χ2v) is 4.26. The lowest BCUT2D eigenvalue weighted by atomic mass is 10.0. The van der Waals surface area contributed by atoms with Crippen LogP contribution in [0.4, 0.5) is 5.82 Å². The van der Waals surface area contributed by atoms with Crippen LogP contribution in [0.1, 0.15) is 0 Å². The third-order valence-electron chi connectivity index (χ3n) is 2.93. The fraction of sp³-hybridized carbons (Fsp3) is 0.455. The van der Waals surface area contributed by atoms with Crippen LogP contribution in [0.3, 0.4) is 0 Å². The first-order valence-electron chi connectivity index (χ1n) is 5.52. The standard InChI is InChI=1S/C11H16N4O3/c1-15-7-13-9-8(15)2-3-12-10(9)14-11(4-16,5-17)6-18/h2-3,7,16-18H,4-6H2,1H3,(H,12,14). The van der Waals surface area contributed by atoms with Gasteiger partial charge in [0.25, 0.3) is 0 Å². The number of hydrogen-bond donors (Lipinski definition) is 4. The van der Waals surface area contributed by atoms with Gasteiger partial charge in [-0.25, -0.2) is 9.97 Å². The van der Waals surface area contributed by atoms with Crippen molar-refractivity contribution in [1.82, 2.24) is 14.5 Å². The van der Waals surface area contributed by atoms with Gasteiger partial charge in [0.15, 0.2) is 5.82 Å². The smallest absolute Gasteiger partial charge is 0.154 e. The number of imidazole rings is 1. The number of nitrogens with one attached hydrogen (secondary N) is 1. The van der Waals surface area contributed by atoms with Crippen LogP contribution in [0.15, 0.2) is 18.6 Å². The molecule has 0 fully saturated rings. The van der Waals surface area contributed by atoms with Crippen LogP contribution in [0.2, 0.25) is 0 Å². The molecule has 2 aromatic heterocycles. The van der Waals surface area contributed by atoms with Crippen LogP contribution in [0.25, 0.3) is 11.0 Å². The number of aliphatic hydroxyl groups is 3. The van der Waals surface area contributed by atoms with E-state index in [2.05, 4.69) is 15.3 Å². The molecule has 0 saturated carbocycles. The normalized spacial score (nSPS) is 12.0. The minimum atomic E-state index is -1.21. The van der Waals surface area contributed by atoms with Gasteiger partial charge >= 0.3 is 0 Å². The quantitative estimate of drug-likeness (QED) is 0.549. The topological polar surface area (TPSA) is 103 Å². The maximum Gasteiger partial charge on any atom is 0.154 e. The summed E-state index contributed by atoms with van der Waals surface area (Å²) in [4.78, 5) is 8.33. The van der Waals surface area contributed by atoms with Crippen molar-refractivity contribution in [3.63, 3.8) is 0 Å². The Morgan fingerprint density at radius 3 is 2.50 bits per heavy atom. The number of rotatable bonds is 5. The Hall–Kier alpha value is -1.70. The predicted octanol–water partition coefficient (Wildman–Crippen LogP) is -0.904. The largest absolute Gasteiger partial charge is 0.394 e. The average Bonchev–Trinajstić information content (AvgIpc) is 2.79. The highest BCUT2D eigenvalue weighted by molar-refractivity contribution is 5.86. The van der Waals surface area contributed by atoms with Gasteiger partial charge in [0.05, 0.1) is 31.7 Å². The highest BCUT2D eigenvalue weighted by Crippen LogP contribution is 2.21. The summed E-state index contributed by atoms with van der Waals surface area (Å²) in [5, 5.41) is 30.7. The third-order valence-corrected chi connectivity index (χ3v) is 2.93. The van der Waals surface area contributed by atoms with Gasteiger partial charge in [0.1, 0.15) is 11.1 Å². The summed E-state index contributed by atoms with van der Waals surface area (Å²) in [6.45, 7) is -1.24. The first-order chi connectivity index (χ1) is 8.65. The van der Waals surface area contributed by atoms with Crippen molar-refractivity contribution < 1.29 is 15.3 Å². The van der Waals surface area contributed by atoms with E-state index in [1.165, 1.54) is 0 Å². The summed E-state index contributed by atoms with van der Waals surface area (Å²) in [7, 11) is 1.86.